The molecule has 5 fully saturated rings. The Morgan fingerprint density at radius 3 is 0.781 bits per heavy atom. The second kappa shape index (κ2) is 54.1. The van der Waals surface area contributed by atoms with Crippen LogP contribution in [0.25, 0.3) is 0 Å². The number of nitrogens with one attached hydrogen (secondary N) is 17. The van der Waals surface area contributed by atoms with Crippen LogP contribution in [0.5, 0.6) is 0 Å². The number of carbonyl (C=O) groups is 10. The number of rotatable bonds is 27. The van der Waals surface area contributed by atoms with Crippen LogP contribution >= 0.6 is 0 Å². The Balaban J connectivity index is 0.000000811. The number of carboxylic acid groups (broad SMARTS) is 5. The summed E-state index contributed by atoms with van der Waals surface area (Å²) in [5.74, 6) is -3.92. The van der Waals surface area contributed by atoms with E-state index in [0.717, 1.165) is 52.4 Å². The third-order valence-electron chi connectivity index (χ3n) is 18.5. The van der Waals surface area contributed by atoms with Crippen molar-refractivity contribution in [2.24, 2.45) is 34.3 Å². The smallest absolute Gasteiger partial charge is 0.303 e. The molecule has 0 saturated carbocycles. The molecule has 610 valence electrons. The van der Waals surface area contributed by atoms with Crippen LogP contribution in [-0.2, 0) is 47.9 Å². The van der Waals surface area contributed by atoms with Crippen LogP contribution in [0.3, 0.4) is 0 Å². The molecule has 5 saturated heterocycles. The first kappa shape index (κ1) is 97.5. The summed E-state index contributed by atoms with van der Waals surface area (Å²) in [6.45, 7) is 33.5. The average Bonchev–Trinajstić information content (AvgIpc) is 0.911. The fourth-order valence-electron chi connectivity index (χ4n) is 12.9. The van der Waals surface area contributed by atoms with E-state index in [1.54, 1.807) is 0 Å². The average molecular weight is 1500 g/mol. The molecule has 0 spiro atoms. The van der Waals surface area contributed by atoms with Crippen LogP contribution in [0.4, 0.5) is 0 Å². The number of hydrogen-bond donors (Lipinski definition) is 23. The zero-order valence-corrected chi connectivity index (χ0v) is 63.9. The van der Waals surface area contributed by atoms with Crippen LogP contribution in [-0.4, -0.2) is 290 Å². The van der Waals surface area contributed by atoms with E-state index in [9.17, 15) is 47.9 Å². The van der Waals surface area contributed by atoms with Gasteiger partial charge >= 0.3 is 29.8 Å². The highest BCUT2D eigenvalue weighted by Gasteiger charge is 2.36. The number of carboxylic acids is 5. The van der Waals surface area contributed by atoms with E-state index in [2.05, 4.69) is 125 Å². The quantitative estimate of drug-likeness (QED) is 0.0437. The fraction of sp³-hybridized carbons (Fsp3) is 0.861. The Bertz CT molecular complexity index is 2320. The van der Waals surface area contributed by atoms with E-state index >= 15 is 0 Å². The second-order valence-electron chi connectivity index (χ2n) is 31.2. The standard InChI is InChI=1S/C30H58N8O6.C23H43N5O6.C18H37N5O3.CH4/c1-22-10-31-16-29(37-25(39)6-4-8-27(41)42)18-33-12-23(2)13-34-19-30(17-32-11-22,21-36-15-24(3)14-35-20-29)38-26(40)7-5-9-28(43)44;1-22(13-18(29)5-3-7-20(31)32)14-24-9-11-26-16-23(2,17-27-12-10-25-15-22)28-19(30)6-4-8-21(33)34;1-17(10-15(24)4-3-5-16(25)26)11-20-6-8-22-13-18(2,19)14-23-9-7-21-12-17;/h22-24,31-36H,4-21H2,1-3H3,(H,37,39)(H,38,40)(H,41,42)(H,43,44);24-27H,3-17H2,1-2H3,(H,28,30)(H,31,32)(H,33,34);20-23H,3-14,19H2,1-2H3,(H,25,26);1H4. The zero-order chi connectivity index (χ0) is 77.3. The summed E-state index contributed by atoms with van der Waals surface area (Å²) in [6.07, 6.45) is 3.61. The number of aliphatic carboxylic acids is 5. The Hall–Kier alpha value is -5.50. The zero-order valence-electron chi connectivity index (χ0n) is 63.9. The fourth-order valence-corrected chi connectivity index (χ4v) is 12.9. The molecule has 5 heterocycles. The maximum absolute atomic E-state index is 13.0. The summed E-state index contributed by atoms with van der Waals surface area (Å²) in [5, 5.41) is 102. The van der Waals surface area contributed by atoms with Gasteiger partial charge in [0, 0.05) is 227 Å². The van der Waals surface area contributed by atoms with Gasteiger partial charge in [-0.25, -0.2) is 0 Å². The largest absolute Gasteiger partial charge is 0.481 e. The number of Topliss-reactive ketones (excluding diaryl/α,β-unsaturated/α-hetero) is 2. The summed E-state index contributed by atoms with van der Waals surface area (Å²) < 4.78 is 0. The third kappa shape index (κ3) is 50.0. The first-order chi connectivity index (χ1) is 49.2. The lowest BCUT2D eigenvalue weighted by Crippen LogP contribution is -2.67. The highest BCUT2D eigenvalue weighted by atomic mass is 16.4. The van der Waals surface area contributed by atoms with Crippen molar-refractivity contribution in [3.63, 3.8) is 0 Å². The molecular formula is C72H142N18O15. The normalized spacial score (nSPS) is 28.1. The van der Waals surface area contributed by atoms with Crippen molar-refractivity contribution in [1.29, 1.82) is 0 Å². The SMILES string of the molecule is C.CC1(CC(=O)CCCC(=O)O)CNCCNCC(C)(NC(=O)CCCC(=O)O)CNCCNC1.CC1(N)CNCCNCC(C)(CC(=O)CCCC(=O)O)CNCCNC1.CC1CNCC2(NC(=O)CCCC(=O)O)CNCC(C)CNCC(NC(=O)CCCC(=O)O)(CNC1)CNCC(C)CNC2. The molecule has 5 rings (SSSR count). The van der Waals surface area contributed by atoms with Crippen molar-refractivity contribution < 1.29 is 73.5 Å². The van der Waals surface area contributed by atoms with E-state index in [0.29, 0.717) is 182 Å². The first-order valence-electron chi connectivity index (χ1n) is 37.9. The highest BCUT2D eigenvalue weighted by molar-refractivity contribution is 5.81. The van der Waals surface area contributed by atoms with Crippen molar-refractivity contribution in [3.05, 3.63) is 0 Å². The first-order valence-corrected chi connectivity index (χ1v) is 37.9. The van der Waals surface area contributed by atoms with Gasteiger partial charge in [0.1, 0.15) is 11.6 Å². The minimum Gasteiger partial charge on any atom is -0.481 e. The molecule has 0 aliphatic carbocycles. The molecule has 0 aromatic carbocycles. The molecule has 33 nitrogen and oxygen atoms in total. The van der Waals surface area contributed by atoms with Gasteiger partial charge in [-0.15, -0.1) is 0 Å². The van der Waals surface area contributed by atoms with Gasteiger partial charge in [-0.1, -0.05) is 42.0 Å². The topological polar surface area (TPSA) is 502 Å². The number of ketones is 2. The molecular weight excluding hydrogens is 1360 g/mol. The number of carbonyl (C=O) groups excluding carboxylic acids is 5. The molecule has 5 aliphatic heterocycles. The van der Waals surface area contributed by atoms with Crippen molar-refractivity contribution in [3.8, 4) is 0 Å². The van der Waals surface area contributed by atoms with Gasteiger partial charge < -0.3 is 122 Å². The lowest BCUT2D eigenvalue weighted by atomic mass is 9.83. The number of fused-ring (bicyclic) bond motifs is 18. The summed E-state index contributed by atoms with van der Waals surface area (Å²) in [6, 6.07) is 0. The van der Waals surface area contributed by atoms with Crippen LogP contribution in [0.1, 0.15) is 165 Å². The summed E-state index contributed by atoms with van der Waals surface area (Å²) in [4.78, 5) is 117. The van der Waals surface area contributed by atoms with Crippen LogP contribution in [0.15, 0.2) is 0 Å². The maximum Gasteiger partial charge on any atom is 0.303 e. The molecule has 0 aromatic rings. The van der Waals surface area contributed by atoms with Crippen molar-refractivity contribution >= 4 is 59.1 Å². The number of hydrogen-bond acceptors (Lipinski definition) is 25. The molecule has 0 aromatic heterocycles. The molecule has 5 aliphatic rings. The molecule has 105 heavy (non-hydrogen) atoms. The minimum absolute atomic E-state index is 0. The highest BCUT2D eigenvalue weighted by Crippen LogP contribution is 2.23. The van der Waals surface area contributed by atoms with Crippen LogP contribution < -0.4 is 96.1 Å². The lowest BCUT2D eigenvalue weighted by Gasteiger charge is -2.39. The van der Waals surface area contributed by atoms with Gasteiger partial charge in [-0.3, -0.25) is 47.9 Å². The summed E-state index contributed by atoms with van der Waals surface area (Å²) >= 11 is 0. The van der Waals surface area contributed by atoms with Crippen LogP contribution in [0, 0.1) is 28.6 Å². The maximum atomic E-state index is 13.0. The molecule has 24 N–H and O–H groups in total. The Morgan fingerprint density at radius 1 is 0.314 bits per heavy atom. The Kier molecular flexibility index (Phi) is 50.3. The number of amides is 3. The van der Waals surface area contributed by atoms with E-state index in [1.807, 2.05) is 13.8 Å². The van der Waals surface area contributed by atoms with Gasteiger partial charge in [0.15, 0.2) is 0 Å². The summed E-state index contributed by atoms with van der Waals surface area (Å²) in [5.41, 5.74) is 3.77. The van der Waals surface area contributed by atoms with Crippen molar-refractivity contribution in [2.45, 2.75) is 187 Å². The Morgan fingerprint density at radius 2 is 0.533 bits per heavy atom. The van der Waals surface area contributed by atoms with Gasteiger partial charge in [0.2, 0.25) is 17.7 Å². The second-order valence-corrected chi connectivity index (χ2v) is 31.2. The molecule has 0 unspecified atom stereocenters. The lowest BCUT2D eigenvalue weighted by molar-refractivity contribution is -0.138. The van der Waals surface area contributed by atoms with Gasteiger partial charge in [-0.2, -0.15) is 0 Å². The monoisotopic (exact) mass is 1500 g/mol. The van der Waals surface area contributed by atoms with Gasteiger partial charge in [0.25, 0.3) is 0 Å². The third-order valence-corrected chi connectivity index (χ3v) is 18.5. The van der Waals surface area contributed by atoms with E-state index < -0.39 is 46.5 Å². The minimum atomic E-state index is -0.904. The van der Waals surface area contributed by atoms with Crippen molar-refractivity contribution in [1.82, 2.24) is 90.4 Å². The van der Waals surface area contributed by atoms with E-state index in [1.165, 1.54) is 0 Å². The molecule has 0 radical (unpaired) electrons. The molecule has 0 atom stereocenters. The summed E-state index contributed by atoms with van der Waals surface area (Å²) in [7, 11) is 0. The van der Waals surface area contributed by atoms with E-state index in [-0.39, 0.29) is 129 Å². The predicted molar refractivity (Wildman–Crippen MR) is 408 cm³/mol. The number of nitrogens with two attached hydrogens (primary N) is 1. The predicted octanol–water partition coefficient (Wildman–Crippen LogP) is -1.68. The molecule has 33 heteroatoms. The molecule has 3 amide bonds. The Labute approximate surface area is 625 Å². The van der Waals surface area contributed by atoms with Crippen molar-refractivity contribution in [2.75, 3.05) is 183 Å². The van der Waals surface area contributed by atoms with Gasteiger partial charge in [-0.05, 0) is 114 Å². The molecule has 2 bridgehead atoms. The van der Waals surface area contributed by atoms with Crippen LogP contribution in [0.2, 0.25) is 0 Å². The van der Waals surface area contributed by atoms with E-state index in [4.69, 9.17) is 31.3 Å². The van der Waals surface area contributed by atoms with Gasteiger partial charge in [0.05, 0.1) is 16.6 Å².